The molecule has 0 saturated carbocycles. The SMILES string of the molecule is CCC1(CC)C[C@@H](NC(=O)[C@H](C)Oc2ccc3c(c2)CCCC3)c2ccccc2O1. The van der Waals surface area contributed by atoms with Crippen molar-refractivity contribution in [3.8, 4) is 11.5 Å². The van der Waals surface area contributed by atoms with E-state index in [-0.39, 0.29) is 17.6 Å². The van der Waals surface area contributed by atoms with E-state index in [1.54, 1.807) is 0 Å². The van der Waals surface area contributed by atoms with E-state index >= 15 is 0 Å². The predicted molar refractivity (Wildman–Crippen MR) is 119 cm³/mol. The van der Waals surface area contributed by atoms with Gasteiger partial charge in [-0.15, -0.1) is 0 Å². The molecule has 4 heteroatoms. The van der Waals surface area contributed by atoms with Gasteiger partial charge in [0.25, 0.3) is 5.91 Å². The molecule has 4 nitrogen and oxygen atoms in total. The summed E-state index contributed by atoms with van der Waals surface area (Å²) >= 11 is 0. The van der Waals surface area contributed by atoms with Gasteiger partial charge >= 0.3 is 0 Å². The van der Waals surface area contributed by atoms with Crippen LogP contribution in [0.5, 0.6) is 11.5 Å². The van der Waals surface area contributed by atoms with Crippen molar-refractivity contribution in [1.29, 1.82) is 0 Å². The molecular formula is C26H33NO3. The maximum Gasteiger partial charge on any atom is 0.261 e. The molecule has 1 amide bonds. The Bertz CT molecular complexity index is 903. The standard InChI is InChI=1S/C26H33NO3/c1-4-26(5-2)17-23(22-12-8-9-13-24(22)30-26)27-25(28)18(3)29-21-15-14-19-10-6-7-11-20(19)16-21/h8-9,12-16,18,23H,4-7,10-11,17H2,1-3H3,(H,27,28)/t18-,23+/m0/s1. The Morgan fingerprint density at radius 1 is 1.13 bits per heavy atom. The van der Waals surface area contributed by atoms with Crippen molar-refractivity contribution in [2.45, 2.75) is 83.5 Å². The van der Waals surface area contributed by atoms with Gasteiger partial charge in [0.05, 0.1) is 6.04 Å². The summed E-state index contributed by atoms with van der Waals surface area (Å²) in [4.78, 5) is 13.0. The summed E-state index contributed by atoms with van der Waals surface area (Å²) in [5, 5.41) is 3.24. The van der Waals surface area contributed by atoms with Crippen LogP contribution in [-0.2, 0) is 17.6 Å². The molecule has 0 unspecified atom stereocenters. The molecule has 1 aliphatic heterocycles. The first-order chi connectivity index (χ1) is 14.5. The van der Waals surface area contributed by atoms with E-state index in [9.17, 15) is 4.79 Å². The monoisotopic (exact) mass is 407 g/mol. The second-order valence-corrected chi connectivity index (χ2v) is 8.69. The number of aryl methyl sites for hydroxylation is 2. The lowest BCUT2D eigenvalue weighted by molar-refractivity contribution is -0.128. The zero-order valence-electron chi connectivity index (χ0n) is 18.4. The number of carbonyl (C=O) groups excluding carboxylic acids is 1. The van der Waals surface area contributed by atoms with Crippen LogP contribution in [0.4, 0.5) is 0 Å². The molecule has 2 aromatic carbocycles. The highest BCUT2D eigenvalue weighted by Crippen LogP contribution is 2.42. The first-order valence-corrected chi connectivity index (χ1v) is 11.4. The van der Waals surface area contributed by atoms with Crippen molar-refractivity contribution < 1.29 is 14.3 Å². The minimum Gasteiger partial charge on any atom is -0.487 e. The molecule has 2 atom stereocenters. The molecule has 2 aliphatic rings. The molecule has 0 saturated heterocycles. The van der Waals surface area contributed by atoms with Gasteiger partial charge in [0.2, 0.25) is 0 Å². The maximum atomic E-state index is 13.0. The molecule has 30 heavy (non-hydrogen) atoms. The lowest BCUT2D eigenvalue weighted by atomic mass is 9.83. The number of para-hydroxylation sites is 1. The summed E-state index contributed by atoms with van der Waals surface area (Å²) in [7, 11) is 0. The third-order valence-corrected chi connectivity index (χ3v) is 6.80. The topological polar surface area (TPSA) is 47.6 Å². The van der Waals surface area contributed by atoms with Crippen LogP contribution < -0.4 is 14.8 Å². The van der Waals surface area contributed by atoms with E-state index in [0.717, 1.165) is 49.2 Å². The number of ether oxygens (including phenoxy) is 2. The van der Waals surface area contributed by atoms with Gasteiger partial charge in [0.15, 0.2) is 6.10 Å². The van der Waals surface area contributed by atoms with Gasteiger partial charge in [0.1, 0.15) is 17.1 Å². The van der Waals surface area contributed by atoms with Crippen LogP contribution in [-0.4, -0.2) is 17.6 Å². The number of amides is 1. The van der Waals surface area contributed by atoms with Crippen LogP contribution in [0.1, 0.15) is 75.6 Å². The highest BCUT2D eigenvalue weighted by atomic mass is 16.5. The minimum atomic E-state index is -0.556. The van der Waals surface area contributed by atoms with Crippen LogP contribution >= 0.6 is 0 Å². The number of nitrogens with one attached hydrogen (secondary N) is 1. The quantitative estimate of drug-likeness (QED) is 0.685. The summed E-state index contributed by atoms with van der Waals surface area (Å²) in [6, 6.07) is 14.2. The molecule has 1 N–H and O–H groups in total. The number of hydrogen-bond acceptors (Lipinski definition) is 3. The first kappa shape index (κ1) is 20.8. The predicted octanol–water partition coefficient (Wildman–Crippen LogP) is 5.53. The fourth-order valence-corrected chi connectivity index (χ4v) is 4.76. The number of hydrogen-bond donors (Lipinski definition) is 1. The average Bonchev–Trinajstić information content (AvgIpc) is 2.78. The summed E-state index contributed by atoms with van der Waals surface area (Å²) in [6.07, 6.45) is 6.76. The molecular weight excluding hydrogens is 374 g/mol. The third-order valence-electron chi connectivity index (χ3n) is 6.80. The molecule has 4 rings (SSSR count). The van der Waals surface area contributed by atoms with Crippen molar-refractivity contribution >= 4 is 5.91 Å². The molecule has 1 aliphatic carbocycles. The van der Waals surface area contributed by atoms with Gasteiger partial charge in [-0.1, -0.05) is 38.1 Å². The molecule has 1 heterocycles. The van der Waals surface area contributed by atoms with Crippen LogP contribution in [0, 0.1) is 0 Å². The Morgan fingerprint density at radius 2 is 1.87 bits per heavy atom. The number of carbonyl (C=O) groups is 1. The lowest BCUT2D eigenvalue weighted by Gasteiger charge is -2.41. The molecule has 0 fully saturated rings. The minimum absolute atomic E-state index is 0.0723. The van der Waals surface area contributed by atoms with Crippen molar-refractivity contribution in [2.24, 2.45) is 0 Å². The molecule has 2 aromatic rings. The Hall–Kier alpha value is -2.49. The number of fused-ring (bicyclic) bond motifs is 2. The zero-order chi connectivity index (χ0) is 21.1. The molecule has 160 valence electrons. The highest BCUT2D eigenvalue weighted by molar-refractivity contribution is 5.81. The van der Waals surface area contributed by atoms with Crippen molar-refractivity contribution in [1.82, 2.24) is 5.32 Å². The van der Waals surface area contributed by atoms with Crippen LogP contribution in [0.25, 0.3) is 0 Å². The Balaban J connectivity index is 1.47. The van der Waals surface area contributed by atoms with Gasteiger partial charge in [-0.25, -0.2) is 0 Å². The summed E-state index contributed by atoms with van der Waals surface area (Å²) in [5.74, 6) is 1.57. The first-order valence-electron chi connectivity index (χ1n) is 11.4. The van der Waals surface area contributed by atoms with Crippen molar-refractivity contribution in [3.63, 3.8) is 0 Å². The van der Waals surface area contributed by atoms with Crippen molar-refractivity contribution in [3.05, 3.63) is 59.2 Å². The van der Waals surface area contributed by atoms with Gasteiger partial charge in [-0.3, -0.25) is 4.79 Å². The van der Waals surface area contributed by atoms with Gasteiger partial charge in [-0.05, 0) is 74.8 Å². The average molecular weight is 408 g/mol. The molecule has 0 spiro atoms. The lowest BCUT2D eigenvalue weighted by Crippen LogP contribution is -2.46. The highest BCUT2D eigenvalue weighted by Gasteiger charge is 2.39. The van der Waals surface area contributed by atoms with Gasteiger partial charge in [0, 0.05) is 12.0 Å². The molecule has 0 radical (unpaired) electrons. The molecule has 0 aromatic heterocycles. The molecule has 0 bridgehead atoms. The normalized spacial score (nSPS) is 20.3. The maximum absolute atomic E-state index is 13.0. The van der Waals surface area contributed by atoms with Gasteiger partial charge in [-0.2, -0.15) is 0 Å². The summed E-state index contributed by atoms with van der Waals surface area (Å²) in [6.45, 7) is 6.13. The smallest absolute Gasteiger partial charge is 0.261 e. The fraction of sp³-hybridized carbons (Fsp3) is 0.500. The second kappa shape index (κ2) is 8.71. The Kier molecular flexibility index (Phi) is 6.03. The Labute approximate surface area is 180 Å². The van der Waals surface area contributed by atoms with Crippen LogP contribution in [0.3, 0.4) is 0 Å². The van der Waals surface area contributed by atoms with E-state index in [1.165, 1.54) is 24.0 Å². The van der Waals surface area contributed by atoms with E-state index < -0.39 is 6.10 Å². The van der Waals surface area contributed by atoms with Crippen LogP contribution in [0.15, 0.2) is 42.5 Å². The van der Waals surface area contributed by atoms with Crippen LogP contribution in [0.2, 0.25) is 0 Å². The zero-order valence-corrected chi connectivity index (χ0v) is 18.4. The summed E-state index contributed by atoms with van der Waals surface area (Å²) in [5.41, 5.74) is 3.58. The van der Waals surface area contributed by atoms with E-state index in [1.807, 2.05) is 37.3 Å². The van der Waals surface area contributed by atoms with Gasteiger partial charge < -0.3 is 14.8 Å². The second-order valence-electron chi connectivity index (χ2n) is 8.69. The largest absolute Gasteiger partial charge is 0.487 e. The number of rotatable bonds is 6. The number of benzene rings is 2. The third kappa shape index (κ3) is 4.19. The van der Waals surface area contributed by atoms with E-state index in [4.69, 9.17) is 9.47 Å². The van der Waals surface area contributed by atoms with Crippen molar-refractivity contribution in [2.75, 3.05) is 0 Å². The van der Waals surface area contributed by atoms with E-state index in [0.29, 0.717) is 0 Å². The Morgan fingerprint density at radius 3 is 2.63 bits per heavy atom. The van der Waals surface area contributed by atoms with E-state index in [2.05, 4.69) is 31.3 Å². The fourth-order valence-electron chi connectivity index (χ4n) is 4.76. The summed E-state index contributed by atoms with van der Waals surface area (Å²) < 4.78 is 12.4.